The molecule has 0 aliphatic rings. The maximum Gasteiger partial charge on any atom is 0.573 e. The van der Waals surface area contributed by atoms with Gasteiger partial charge in [0.05, 0.1) is 0 Å². The second kappa shape index (κ2) is 6.92. The van der Waals surface area contributed by atoms with Crippen LogP contribution in [0.15, 0.2) is 23.1 Å². The predicted octanol–water partition coefficient (Wildman–Crippen LogP) is 1.87. The lowest BCUT2D eigenvalue weighted by Crippen LogP contribution is -2.26. The molecule has 0 saturated carbocycles. The second-order valence-electron chi connectivity index (χ2n) is 4.01. The summed E-state index contributed by atoms with van der Waals surface area (Å²) in [5.41, 5.74) is 0. The summed E-state index contributed by atoms with van der Waals surface area (Å²) in [4.78, 5) is 9.24. The number of halogens is 4. The summed E-state index contributed by atoms with van der Waals surface area (Å²) in [6.07, 6.45) is -5.55. The molecule has 6 nitrogen and oxygen atoms in total. The summed E-state index contributed by atoms with van der Waals surface area (Å²) in [5, 5.41) is 8.39. The van der Waals surface area contributed by atoms with Crippen LogP contribution in [0.5, 0.6) is 5.75 Å². The zero-order valence-corrected chi connectivity index (χ0v) is 11.7. The topological polar surface area (TPSA) is 92.7 Å². The zero-order valence-electron chi connectivity index (χ0n) is 10.9. The van der Waals surface area contributed by atoms with Gasteiger partial charge in [0.15, 0.2) is 11.6 Å². The number of nitrogens with one attached hydrogen (secondary N) is 1. The highest BCUT2D eigenvalue weighted by molar-refractivity contribution is 7.89. The van der Waals surface area contributed by atoms with E-state index in [9.17, 15) is 30.8 Å². The van der Waals surface area contributed by atoms with Gasteiger partial charge in [-0.05, 0) is 18.6 Å². The smallest absolute Gasteiger partial charge is 0.481 e. The van der Waals surface area contributed by atoms with Crippen molar-refractivity contribution in [3.8, 4) is 5.75 Å². The Labute approximate surface area is 122 Å². The van der Waals surface area contributed by atoms with Gasteiger partial charge in [-0.15, -0.1) is 13.2 Å². The van der Waals surface area contributed by atoms with Gasteiger partial charge in [0.2, 0.25) is 10.0 Å². The van der Waals surface area contributed by atoms with E-state index < -0.39 is 38.8 Å². The van der Waals surface area contributed by atoms with Crippen LogP contribution in [0.25, 0.3) is 0 Å². The van der Waals surface area contributed by atoms with Crippen molar-refractivity contribution in [1.82, 2.24) is 4.72 Å². The van der Waals surface area contributed by atoms with Gasteiger partial charge < -0.3 is 9.84 Å². The number of alkyl halides is 3. The second-order valence-corrected chi connectivity index (χ2v) is 5.75. The number of carbonyl (C=O) groups is 1. The Balaban J connectivity index is 2.91. The van der Waals surface area contributed by atoms with Gasteiger partial charge in [-0.1, -0.05) is 6.07 Å². The van der Waals surface area contributed by atoms with Crippen LogP contribution >= 0.6 is 0 Å². The zero-order chi connectivity index (χ0) is 17.0. The summed E-state index contributed by atoms with van der Waals surface area (Å²) >= 11 is 0. The van der Waals surface area contributed by atoms with Crippen molar-refractivity contribution in [3.63, 3.8) is 0 Å². The van der Waals surface area contributed by atoms with Gasteiger partial charge >= 0.3 is 12.3 Å². The summed E-state index contributed by atoms with van der Waals surface area (Å²) in [6, 6.07) is 2.28. The number of hydrogen-bond donors (Lipinski definition) is 2. The van der Waals surface area contributed by atoms with E-state index in [0.29, 0.717) is 6.07 Å². The molecular weight excluding hydrogens is 334 g/mol. The predicted molar refractivity (Wildman–Crippen MR) is 65.1 cm³/mol. The molecule has 0 amide bonds. The van der Waals surface area contributed by atoms with Crippen LogP contribution in [-0.4, -0.2) is 32.4 Å². The molecule has 2 N–H and O–H groups in total. The lowest BCUT2D eigenvalue weighted by molar-refractivity contribution is -0.275. The summed E-state index contributed by atoms with van der Waals surface area (Å²) in [5.74, 6) is -4.11. The van der Waals surface area contributed by atoms with Crippen molar-refractivity contribution < 1.29 is 40.6 Å². The average Bonchev–Trinajstić information content (AvgIpc) is 2.35. The fraction of sp³-hybridized carbons (Fsp3) is 0.364. The third-order valence-corrected chi connectivity index (χ3v) is 3.78. The molecule has 0 fully saturated rings. The third-order valence-electron chi connectivity index (χ3n) is 2.30. The number of aliphatic carboxylic acids is 1. The summed E-state index contributed by atoms with van der Waals surface area (Å²) in [7, 11) is -4.43. The van der Waals surface area contributed by atoms with Crippen LogP contribution in [-0.2, 0) is 14.8 Å². The number of carboxylic acids is 1. The highest BCUT2D eigenvalue weighted by Crippen LogP contribution is 2.29. The minimum Gasteiger partial charge on any atom is -0.481 e. The molecule has 0 heterocycles. The first-order valence-electron chi connectivity index (χ1n) is 5.78. The average molecular weight is 345 g/mol. The Morgan fingerprint density at radius 3 is 2.50 bits per heavy atom. The Kier molecular flexibility index (Phi) is 5.72. The van der Waals surface area contributed by atoms with E-state index in [1.54, 1.807) is 0 Å². The van der Waals surface area contributed by atoms with Crippen LogP contribution < -0.4 is 9.46 Å². The van der Waals surface area contributed by atoms with E-state index in [0.717, 1.165) is 12.1 Å². The molecule has 1 aromatic carbocycles. The van der Waals surface area contributed by atoms with Crippen LogP contribution in [0.2, 0.25) is 0 Å². The largest absolute Gasteiger partial charge is 0.573 e. The normalized spacial score (nSPS) is 12.2. The van der Waals surface area contributed by atoms with Gasteiger partial charge in [0, 0.05) is 13.0 Å². The molecular formula is C11H11F4NO5S. The molecule has 22 heavy (non-hydrogen) atoms. The van der Waals surface area contributed by atoms with Crippen LogP contribution in [0.4, 0.5) is 17.6 Å². The van der Waals surface area contributed by atoms with Crippen molar-refractivity contribution in [2.45, 2.75) is 24.1 Å². The van der Waals surface area contributed by atoms with Gasteiger partial charge in [0.1, 0.15) is 4.90 Å². The molecule has 124 valence electrons. The number of benzene rings is 1. The standard InChI is InChI=1S/C11H11F4NO5S/c12-10-7(21-11(13,14)15)3-1-4-8(10)22(19,20)16-6-2-5-9(17)18/h1,3-4,16H,2,5-6H2,(H,17,18). The van der Waals surface area contributed by atoms with Crippen LogP contribution in [0.3, 0.4) is 0 Å². The molecule has 0 aliphatic carbocycles. The van der Waals surface area contributed by atoms with Gasteiger partial charge in [-0.2, -0.15) is 0 Å². The SMILES string of the molecule is O=C(O)CCCNS(=O)(=O)c1cccc(OC(F)(F)F)c1F. The van der Waals surface area contributed by atoms with Gasteiger partial charge in [-0.3, -0.25) is 4.79 Å². The Morgan fingerprint density at radius 2 is 1.95 bits per heavy atom. The quantitative estimate of drug-likeness (QED) is 0.581. The third kappa shape index (κ3) is 5.48. The lowest BCUT2D eigenvalue weighted by Gasteiger charge is -2.12. The molecule has 0 atom stereocenters. The Bertz CT molecular complexity index is 644. The maximum atomic E-state index is 13.8. The Hall–Kier alpha value is -1.88. The molecule has 0 saturated heterocycles. The number of sulfonamides is 1. The number of ether oxygens (including phenoxy) is 1. The molecule has 1 aromatic rings. The van der Waals surface area contributed by atoms with E-state index in [1.165, 1.54) is 0 Å². The van der Waals surface area contributed by atoms with Crippen molar-refractivity contribution in [2.24, 2.45) is 0 Å². The molecule has 0 radical (unpaired) electrons. The van der Waals surface area contributed by atoms with Crippen LogP contribution in [0.1, 0.15) is 12.8 Å². The first kappa shape index (κ1) is 18.2. The van der Waals surface area contributed by atoms with Crippen molar-refractivity contribution in [1.29, 1.82) is 0 Å². The minimum atomic E-state index is -5.17. The molecule has 0 bridgehead atoms. The number of hydrogen-bond acceptors (Lipinski definition) is 4. The molecule has 0 aliphatic heterocycles. The van der Waals surface area contributed by atoms with Crippen molar-refractivity contribution >= 4 is 16.0 Å². The van der Waals surface area contributed by atoms with Gasteiger partial charge in [-0.25, -0.2) is 17.5 Å². The van der Waals surface area contributed by atoms with Crippen LogP contribution in [0, 0.1) is 5.82 Å². The van der Waals surface area contributed by atoms with Gasteiger partial charge in [0.25, 0.3) is 0 Å². The summed E-state index contributed by atoms with van der Waals surface area (Å²) < 4.78 is 78.8. The minimum absolute atomic E-state index is 0.0606. The fourth-order valence-electron chi connectivity index (χ4n) is 1.43. The van der Waals surface area contributed by atoms with E-state index in [2.05, 4.69) is 4.74 Å². The van der Waals surface area contributed by atoms with E-state index in [1.807, 2.05) is 4.72 Å². The fourth-order valence-corrected chi connectivity index (χ4v) is 2.59. The van der Waals surface area contributed by atoms with E-state index in [4.69, 9.17) is 5.11 Å². The van der Waals surface area contributed by atoms with Crippen molar-refractivity contribution in [3.05, 3.63) is 24.0 Å². The molecule has 0 unspecified atom stereocenters. The first-order chi connectivity index (χ1) is 10.0. The molecule has 1 rings (SSSR count). The monoisotopic (exact) mass is 345 g/mol. The Morgan fingerprint density at radius 1 is 1.32 bits per heavy atom. The maximum absolute atomic E-state index is 13.8. The first-order valence-corrected chi connectivity index (χ1v) is 7.27. The summed E-state index contributed by atoms with van der Waals surface area (Å²) in [6.45, 7) is -0.307. The highest BCUT2D eigenvalue weighted by Gasteiger charge is 2.33. The number of rotatable bonds is 7. The molecule has 0 aromatic heterocycles. The van der Waals surface area contributed by atoms with Crippen molar-refractivity contribution in [2.75, 3.05) is 6.54 Å². The molecule has 0 spiro atoms. The molecule has 11 heteroatoms. The highest BCUT2D eigenvalue weighted by atomic mass is 32.2. The number of carboxylic acid groups (broad SMARTS) is 1. The lowest BCUT2D eigenvalue weighted by atomic mass is 10.3. The van der Waals surface area contributed by atoms with E-state index >= 15 is 0 Å². The van der Waals surface area contributed by atoms with E-state index in [-0.39, 0.29) is 19.4 Å².